The lowest BCUT2D eigenvalue weighted by Crippen LogP contribution is -2.24. The minimum Gasteiger partial charge on any atom is -0.365 e. The normalized spacial score (nSPS) is 12.2. The molecule has 0 saturated carbocycles. The van der Waals surface area contributed by atoms with Gasteiger partial charge < -0.3 is 10.2 Å². The summed E-state index contributed by atoms with van der Waals surface area (Å²) in [5.41, 5.74) is 2.60. The Morgan fingerprint density at radius 1 is 1.25 bits per heavy atom. The van der Waals surface area contributed by atoms with Gasteiger partial charge in [-0.25, -0.2) is 0 Å². The van der Waals surface area contributed by atoms with Crippen molar-refractivity contribution in [3.05, 3.63) is 16.8 Å². The van der Waals surface area contributed by atoms with E-state index in [9.17, 15) is 5.26 Å². The number of hydrogen-bond acceptors (Lipinski definition) is 5. The zero-order valence-electron chi connectivity index (χ0n) is 13.2. The van der Waals surface area contributed by atoms with Gasteiger partial charge in [-0.2, -0.15) is 10.4 Å². The van der Waals surface area contributed by atoms with Crippen molar-refractivity contribution in [1.82, 2.24) is 15.1 Å². The Bertz CT molecular complexity index is 476. The largest absolute Gasteiger partial charge is 0.365 e. The van der Waals surface area contributed by atoms with E-state index < -0.39 is 0 Å². The molecule has 1 atom stereocenters. The lowest BCUT2D eigenvalue weighted by Gasteiger charge is -2.18. The maximum absolute atomic E-state index is 9.42. The number of rotatable bonds is 7. The van der Waals surface area contributed by atoms with E-state index in [1.165, 1.54) is 0 Å². The second-order valence-corrected chi connectivity index (χ2v) is 5.31. The van der Waals surface area contributed by atoms with Crippen LogP contribution in [0.1, 0.15) is 44.0 Å². The van der Waals surface area contributed by atoms with Gasteiger partial charge in [0.05, 0.1) is 5.69 Å². The van der Waals surface area contributed by atoms with Gasteiger partial charge >= 0.3 is 0 Å². The van der Waals surface area contributed by atoms with Gasteiger partial charge in [-0.05, 0) is 52.4 Å². The molecule has 0 aromatic carbocycles. The molecule has 5 nitrogen and oxygen atoms in total. The molecule has 0 aliphatic rings. The summed E-state index contributed by atoms with van der Waals surface area (Å²) in [6.45, 7) is 7.19. The van der Waals surface area contributed by atoms with Crippen molar-refractivity contribution < 1.29 is 0 Å². The van der Waals surface area contributed by atoms with Crippen molar-refractivity contribution >= 4 is 5.82 Å². The van der Waals surface area contributed by atoms with Crippen LogP contribution in [0.15, 0.2) is 0 Å². The molecule has 0 spiro atoms. The predicted octanol–water partition coefficient (Wildman–Crippen LogP) is 2.23. The van der Waals surface area contributed by atoms with Gasteiger partial charge in [-0.3, -0.25) is 0 Å². The molecular formula is C15H25N5. The summed E-state index contributed by atoms with van der Waals surface area (Å²) in [6, 6.07) is 2.54. The molecule has 0 aliphatic carbocycles. The molecule has 1 aromatic heterocycles. The van der Waals surface area contributed by atoms with Crippen LogP contribution in [-0.2, 0) is 12.8 Å². The summed E-state index contributed by atoms with van der Waals surface area (Å²) in [4.78, 5) is 2.15. The molecule has 0 fully saturated rings. The fraction of sp³-hybridized carbons (Fsp3) is 0.667. The van der Waals surface area contributed by atoms with E-state index in [4.69, 9.17) is 0 Å². The van der Waals surface area contributed by atoms with E-state index in [1.807, 2.05) is 6.92 Å². The highest BCUT2D eigenvalue weighted by Gasteiger charge is 2.15. The summed E-state index contributed by atoms with van der Waals surface area (Å²) in [7, 11) is 4.11. The van der Waals surface area contributed by atoms with Crippen molar-refractivity contribution in [3.8, 4) is 6.07 Å². The van der Waals surface area contributed by atoms with Gasteiger partial charge in [0.2, 0.25) is 0 Å². The monoisotopic (exact) mass is 275 g/mol. The first-order valence-corrected chi connectivity index (χ1v) is 7.23. The second kappa shape index (κ2) is 7.81. The van der Waals surface area contributed by atoms with Gasteiger partial charge in [0.25, 0.3) is 0 Å². The van der Waals surface area contributed by atoms with Crippen LogP contribution in [0.3, 0.4) is 0 Å². The number of aromatic nitrogens is 2. The standard InChI is InChI=1S/C15H25N5/c1-6-12-13(10-16)15(19-18-14(12)7-2)17-11(3)8-9-20(4)5/h11H,6-9H2,1-5H3,(H,17,19). The fourth-order valence-electron chi connectivity index (χ4n) is 2.15. The summed E-state index contributed by atoms with van der Waals surface area (Å²) in [6.07, 6.45) is 2.61. The third-order valence-electron chi connectivity index (χ3n) is 3.35. The lowest BCUT2D eigenvalue weighted by atomic mass is 10.0. The maximum atomic E-state index is 9.42. The molecule has 0 aliphatic heterocycles. The summed E-state index contributed by atoms with van der Waals surface area (Å²) in [5, 5.41) is 21.2. The molecule has 0 radical (unpaired) electrons. The van der Waals surface area contributed by atoms with E-state index in [0.717, 1.165) is 37.1 Å². The fourth-order valence-corrected chi connectivity index (χ4v) is 2.15. The Morgan fingerprint density at radius 3 is 2.45 bits per heavy atom. The highest BCUT2D eigenvalue weighted by atomic mass is 15.2. The van der Waals surface area contributed by atoms with Gasteiger partial charge in [0, 0.05) is 6.04 Å². The minimum absolute atomic E-state index is 0.260. The highest BCUT2D eigenvalue weighted by molar-refractivity contribution is 5.56. The minimum atomic E-state index is 0.260. The van der Waals surface area contributed by atoms with E-state index in [2.05, 4.69) is 54.4 Å². The molecule has 20 heavy (non-hydrogen) atoms. The van der Waals surface area contributed by atoms with Crippen LogP contribution in [0.25, 0.3) is 0 Å². The number of anilines is 1. The molecule has 1 unspecified atom stereocenters. The Labute approximate surface area is 122 Å². The third-order valence-corrected chi connectivity index (χ3v) is 3.35. The van der Waals surface area contributed by atoms with Crippen molar-refractivity contribution in [2.75, 3.05) is 26.0 Å². The van der Waals surface area contributed by atoms with Crippen LogP contribution in [0.4, 0.5) is 5.82 Å². The van der Waals surface area contributed by atoms with Crippen molar-refractivity contribution in [2.24, 2.45) is 0 Å². The number of nitrogens with one attached hydrogen (secondary N) is 1. The number of hydrogen-bond donors (Lipinski definition) is 1. The topological polar surface area (TPSA) is 64.8 Å². The SMILES string of the molecule is CCc1nnc(NC(C)CCN(C)C)c(C#N)c1CC. The smallest absolute Gasteiger partial charge is 0.167 e. The molecule has 1 aromatic rings. The first-order valence-electron chi connectivity index (χ1n) is 7.23. The van der Waals surface area contributed by atoms with Crippen molar-refractivity contribution in [3.63, 3.8) is 0 Å². The van der Waals surface area contributed by atoms with Crippen LogP contribution < -0.4 is 5.32 Å². The first kappa shape index (κ1) is 16.4. The molecule has 1 heterocycles. The van der Waals surface area contributed by atoms with E-state index >= 15 is 0 Å². The Morgan fingerprint density at radius 2 is 1.95 bits per heavy atom. The Balaban J connectivity index is 2.93. The Kier molecular flexibility index (Phi) is 6.40. The average molecular weight is 275 g/mol. The van der Waals surface area contributed by atoms with E-state index in [1.54, 1.807) is 0 Å². The van der Waals surface area contributed by atoms with Gasteiger partial charge in [-0.1, -0.05) is 13.8 Å². The summed E-state index contributed by atoms with van der Waals surface area (Å²) in [5.74, 6) is 0.618. The van der Waals surface area contributed by atoms with E-state index in [0.29, 0.717) is 11.4 Å². The third kappa shape index (κ3) is 4.17. The molecule has 1 N–H and O–H groups in total. The second-order valence-electron chi connectivity index (χ2n) is 5.31. The quantitative estimate of drug-likeness (QED) is 0.826. The summed E-state index contributed by atoms with van der Waals surface area (Å²) < 4.78 is 0. The van der Waals surface area contributed by atoms with Crippen LogP contribution in [-0.4, -0.2) is 41.8 Å². The van der Waals surface area contributed by atoms with Gasteiger partial charge in [-0.15, -0.1) is 5.10 Å². The first-order chi connectivity index (χ1) is 9.53. The maximum Gasteiger partial charge on any atom is 0.167 e. The number of aryl methyl sites for hydroxylation is 1. The molecule has 0 bridgehead atoms. The highest BCUT2D eigenvalue weighted by Crippen LogP contribution is 2.20. The average Bonchev–Trinajstić information content (AvgIpc) is 2.44. The summed E-state index contributed by atoms with van der Waals surface area (Å²) >= 11 is 0. The molecule has 5 heteroatoms. The van der Waals surface area contributed by atoms with Gasteiger partial charge in [0.1, 0.15) is 11.6 Å². The van der Waals surface area contributed by atoms with Crippen molar-refractivity contribution in [1.29, 1.82) is 5.26 Å². The van der Waals surface area contributed by atoms with Crippen LogP contribution >= 0.6 is 0 Å². The molecule has 0 amide bonds. The predicted molar refractivity (Wildman–Crippen MR) is 81.8 cm³/mol. The lowest BCUT2D eigenvalue weighted by molar-refractivity contribution is 0.390. The molecular weight excluding hydrogens is 250 g/mol. The van der Waals surface area contributed by atoms with E-state index in [-0.39, 0.29) is 6.04 Å². The number of nitriles is 1. The van der Waals surface area contributed by atoms with Gasteiger partial charge in [0.15, 0.2) is 5.82 Å². The zero-order valence-corrected chi connectivity index (χ0v) is 13.2. The van der Waals surface area contributed by atoms with Crippen LogP contribution in [0.2, 0.25) is 0 Å². The molecule has 0 saturated heterocycles. The molecule has 1 rings (SSSR count). The Hall–Kier alpha value is -1.67. The van der Waals surface area contributed by atoms with Crippen LogP contribution in [0.5, 0.6) is 0 Å². The molecule has 110 valence electrons. The zero-order chi connectivity index (χ0) is 15.1. The number of nitrogens with zero attached hydrogens (tertiary/aromatic N) is 4. The van der Waals surface area contributed by atoms with Crippen LogP contribution in [0, 0.1) is 11.3 Å². The van der Waals surface area contributed by atoms with Crippen molar-refractivity contribution in [2.45, 2.75) is 46.1 Å².